The third-order valence-electron chi connectivity index (χ3n) is 4.81. The van der Waals surface area contributed by atoms with Crippen LogP contribution in [0.4, 0.5) is 10.2 Å². The number of halogens is 1. The number of aryl methyl sites for hydroxylation is 1. The van der Waals surface area contributed by atoms with Crippen LogP contribution in [0, 0.1) is 5.82 Å². The third-order valence-corrected chi connectivity index (χ3v) is 4.81. The van der Waals surface area contributed by atoms with Crippen LogP contribution in [0.1, 0.15) is 35.3 Å². The van der Waals surface area contributed by atoms with Crippen molar-refractivity contribution < 1.29 is 23.9 Å². The molecule has 32 heavy (non-hydrogen) atoms. The molecule has 11 heteroatoms. The number of nitrogens with zero attached hydrogens (tertiary/aromatic N) is 4. The van der Waals surface area contributed by atoms with Crippen LogP contribution in [0.3, 0.4) is 0 Å². The molecule has 0 saturated carbocycles. The van der Waals surface area contributed by atoms with Gasteiger partial charge in [-0.3, -0.25) is 4.79 Å². The lowest BCUT2D eigenvalue weighted by Gasteiger charge is -2.16. The van der Waals surface area contributed by atoms with Gasteiger partial charge in [-0.15, -0.1) is 5.10 Å². The van der Waals surface area contributed by atoms with Gasteiger partial charge in [-0.1, -0.05) is 5.16 Å². The van der Waals surface area contributed by atoms with Crippen molar-refractivity contribution in [3.8, 4) is 17.2 Å². The third kappa shape index (κ3) is 4.17. The van der Waals surface area contributed by atoms with Gasteiger partial charge in [-0.25, -0.2) is 4.39 Å². The Morgan fingerprint density at radius 3 is 2.81 bits per heavy atom. The number of carbonyl (C=O) groups is 1. The van der Waals surface area contributed by atoms with Gasteiger partial charge in [0, 0.05) is 30.7 Å². The highest BCUT2D eigenvalue weighted by atomic mass is 19.1. The number of hydrogen-bond acceptors (Lipinski definition) is 7. The molecule has 166 valence electrons. The molecule has 0 bridgehead atoms. The molecule has 1 amide bonds. The minimum atomic E-state index is -0.720. The zero-order valence-electron chi connectivity index (χ0n) is 17.6. The monoisotopic (exact) mass is 440 g/mol. The average Bonchev–Trinajstić information content (AvgIpc) is 3.28. The number of anilines is 1. The lowest BCUT2D eigenvalue weighted by Crippen LogP contribution is -2.24. The van der Waals surface area contributed by atoms with Gasteiger partial charge in [-0.2, -0.15) is 9.90 Å². The molecule has 1 aliphatic rings. The lowest BCUT2D eigenvalue weighted by molar-refractivity contribution is 0.102. The minimum absolute atomic E-state index is 0.0633. The molecule has 2 aromatic carbocycles. The lowest BCUT2D eigenvalue weighted by atomic mass is 9.99. The second kappa shape index (κ2) is 7.84. The van der Waals surface area contributed by atoms with Gasteiger partial charge in [-0.05, 0) is 38.1 Å². The van der Waals surface area contributed by atoms with E-state index in [1.165, 1.54) is 23.1 Å². The number of fused-ring (bicyclic) bond motifs is 1. The van der Waals surface area contributed by atoms with Crippen molar-refractivity contribution in [2.45, 2.75) is 25.9 Å². The minimum Gasteiger partial charge on any atom is -0.487 e. The number of ether oxygens (including phenoxy) is 2. The Balaban J connectivity index is 1.68. The molecule has 0 spiro atoms. The Labute approximate surface area is 182 Å². The van der Waals surface area contributed by atoms with Crippen LogP contribution in [-0.4, -0.2) is 37.5 Å². The summed E-state index contributed by atoms with van der Waals surface area (Å²) in [4.78, 5) is 14.1. The van der Waals surface area contributed by atoms with Crippen molar-refractivity contribution in [3.05, 3.63) is 59.0 Å². The van der Waals surface area contributed by atoms with Crippen LogP contribution < -0.4 is 20.5 Å². The first-order chi connectivity index (χ1) is 15.1. The Morgan fingerprint density at radius 1 is 1.38 bits per heavy atom. The van der Waals surface area contributed by atoms with Gasteiger partial charge in [0.1, 0.15) is 28.7 Å². The van der Waals surface area contributed by atoms with E-state index < -0.39 is 17.3 Å². The fraction of sp³-hybridized carbons (Fsp3) is 0.238. The smallest absolute Gasteiger partial charge is 0.257 e. The summed E-state index contributed by atoms with van der Waals surface area (Å²) in [6, 6.07) is 7.13. The maximum atomic E-state index is 14.4. The van der Waals surface area contributed by atoms with Gasteiger partial charge >= 0.3 is 0 Å². The quantitative estimate of drug-likeness (QED) is 0.240. The maximum absolute atomic E-state index is 14.4. The maximum Gasteiger partial charge on any atom is 0.257 e. The molecule has 2 heterocycles. The zero-order chi connectivity index (χ0) is 23.0. The molecule has 0 atom stereocenters. The van der Waals surface area contributed by atoms with Crippen LogP contribution in [0.2, 0.25) is 0 Å². The van der Waals surface area contributed by atoms with E-state index in [9.17, 15) is 9.18 Å². The normalized spacial score (nSPS) is 14.6. The van der Waals surface area contributed by atoms with Crippen LogP contribution >= 0.6 is 0 Å². The molecule has 0 unspecified atom stereocenters. The molecule has 1 aliphatic heterocycles. The highest BCUT2D eigenvalue weighted by molar-refractivity contribution is 6.04. The number of oxime groups is 1. The summed E-state index contributed by atoms with van der Waals surface area (Å²) in [6.45, 7) is 3.84. The van der Waals surface area contributed by atoms with Crippen molar-refractivity contribution in [2.75, 3.05) is 5.32 Å². The first kappa shape index (κ1) is 21.1. The van der Waals surface area contributed by atoms with Crippen molar-refractivity contribution in [2.24, 2.45) is 17.9 Å². The SMILES string of the molecule is Cn1ncc(NC(=O)c2cc(Oc3ccc(/C(N)=N/O)c(F)c3)c3c(c2)OC(C)(C)C3)n1. The van der Waals surface area contributed by atoms with Crippen LogP contribution in [0.5, 0.6) is 17.2 Å². The molecule has 0 saturated heterocycles. The summed E-state index contributed by atoms with van der Waals surface area (Å²) in [6.07, 6.45) is 1.96. The Morgan fingerprint density at radius 2 is 2.16 bits per heavy atom. The number of amidine groups is 1. The van der Waals surface area contributed by atoms with Gasteiger partial charge in [0.15, 0.2) is 11.7 Å². The first-order valence-electron chi connectivity index (χ1n) is 9.64. The molecule has 0 radical (unpaired) electrons. The van der Waals surface area contributed by atoms with Gasteiger partial charge in [0.25, 0.3) is 5.91 Å². The van der Waals surface area contributed by atoms with E-state index in [-0.39, 0.29) is 22.7 Å². The van der Waals surface area contributed by atoms with E-state index in [1.807, 2.05) is 13.8 Å². The predicted octanol–water partition coefficient (Wildman–Crippen LogP) is 2.81. The van der Waals surface area contributed by atoms with Crippen LogP contribution in [-0.2, 0) is 13.5 Å². The van der Waals surface area contributed by atoms with E-state index in [0.29, 0.717) is 23.7 Å². The molecule has 0 fully saturated rings. The van der Waals surface area contributed by atoms with Crippen molar-refractivity contribution in [3.63, 3.8) is 0 Å². The molecular formula is C21H21FN6O4. The van der Waals surface area contributed by atoms with E-state index in [2.05, 4.69) is 20.7 Å². The predicted molar refractivity (Wildman–Crippen MR) is 113 cm³/mol. The first-order valence-corrected chi connectivity index (χ1v) is 9.64. The zero-order valence-corrected chi connectivity index (χ0v) is 17.6. The summed E-state index contributed by atoms with van der Waals surface area (Å²) in [5.41, 5.74) is 5.94. The molecule has 0 aliphatic carbocycles. The topological polar surface area (TPSA) is 137 Å². The van der Waals surface area contributed by atoms with Gasteiger partial charge in [0.2, 0.25) is 0 Å². The van der Waals surface area contributed by atoms with E-state index in [4.69, 9.17) is 20.4 Å². The van der Waals surface area contributed by atoms with E-state index in [1.54, 1.807) is 19.2 Å². The fourth-order valence-corrected chi connectivity index (χ4v) is 3.41. The fourth-order valence-electron chi connectivity index (χ4n) is 3.41. The summed E-state index contributed by atoms with van der Waals surface area (Å²) >= 11 is 0. The number of amides is 1. The molecule has 10 nitrogen and oxygen atoms in total. The Bertz CT molecular complexity index is 1240. The molecule has 1 aromatic heterocycles. The highest BCUT2D eigenvalue weighted by Crippen LogP contribution is 2.43. The van der Waals surface area contributed by atoms with Crippen LogP contribution in [0.15, 0.2) is 41.7 Å². The Hall–Kier alpha value is -4.15. The highest BCUT2D eigenvalue weighted by Gasteiger charge is 2.34. The van der Waals surface area contributed by atoms with Gasteiger partial charge in [0.05, 0.1) is 11.8 Å². The van der Waals surface area contributed by atoms with Gasteiger partial charge < -0.3 is 25.7 Å². The number of hydrogen-bond donors (Lipinski definition) is 3. The number of benzene rings is 2. The number of carbonyl (C=O) groups excluding carboxylic acids is 1. The second-order valence-electron chi connectivity index (χ2n) is 7.89. The summed E-state index contributed by atoms with van der Waals surface area (Å²) in [7, 11) is 1.64. The van der Waals surface area contributed by atoms with E-state index in [0.717, 1.165) is 11.6 Å². The summed E-state index contributed by atoms with van der Waals surface area (Å²) < 4.78 is 26.3. The van der Waals surface area contributed by atoms with Crippen molar-refractivity contribution in [1.82, 2.24) is 15.0 Å². The number of nitrogens with one attached hydrogen (secondary N) is 1. The summed E-state index contributed by atoms with van der Waals surface area (Å²) in [5.74, 6) is -0.174. The van der Waals surface area contributed by atoms with Crippen molar-refractivity contribution >= 4 is 17.6 Å². The molecule has 3 aromatic rings. The second-order valence-corrected chi connectivity index (χ2v) is 7.89. The number of rotatable bonds is 5. The summed E-state index contributed by atoms with van der Waals surface area (Å²) in [5, 5.41) is 22.2. The Kier molecular flexibility index (Phi) is 5.17. The van der Waals surface area contributed by atoms with Crippen LogP contribution in [0.25, 0.3) is 0 Å². The largest absolute Gasteiger partial charge is 0.487 e. The van der Waals surface area contributed by atoms with E-state index >= 15 is 0 Å². The average molecular weight is 440 g/mol. The standard InChI is InChI=1S/C21H21FN6O4/c1-21(2)9-14-16(31-12-4-5-13(15(22)8-12)19(23)27-30)6-11(7-17(14)32-21)20(29)25-18-10-24-28(3)26-18/h4-8,10,30H,9H2,1-3H3,(H2,23,27)(H,25,26,29). The van der Waals surface area contributed by atoms with Crippen molar-refractivity contribution in [1.29, 1.82) is 0 Å². The number of nitrogens with two attached hydrogens (primary N) is 1. The molecule has 4 rings (SSSR count). The molecule has 4 N–H and O–H groups in total. The number of aromatic nitrogens is 3. The molecular weight excluding hydrogens is 419 g/mol.